The summed E-state index contributed by atoms with van der Waals surface area (Å²) in [6, 6.07) is 7.63. The average molecular weight is 381 g/mol. The van der Waals surface area contributed by atoms with Crippen LogP contribution in [0.25, 0.3) is 10.8 Å². The summed E-state index contributed by atoms with van der Waals surface area (Å²) in [6.45, 7) is 0. The SMILES string of the molecule is Oc1c(Br)cc(Br)c2ccc(Br)cc12. The molecule has 0 bridgehead atoms. The van der Waals surface area contributed by atoms with Crippen LogP contribution >= 0.6 is 47.8 Å². The number of phenolic OH excluding ortho intramolecular Hbond substituents is 1. The Hall–Kier alpha value is -0.0600. The predicted octanol–water partition coefficient (Wildman–Crippen LogP) is 4.83. The highest BCUT2D eigenvalue weighted by atomic mass is 79.9. The second-order valence-corrected chi connectivity index (χ2v) is 5.50. The van der Waals surface area contributed by atoms with Crippen LogP contribution in [0, 0.1) is 0 Å². The van der Waals surface area contributed by atoms with Crippen molar-refractivity contribution >= 4 is 58.6 Å². The largest absolute Gasteiger partial charge is 0.506 e. The van der Waals surface area contributed by atoms with Crippen molar-refractivity contribution in [3.05, 3.63) is 37.7 Å². The second-order valence-electron chi connectivity index (χ2n) is 2.88. The summed E-state index contributed by atoms with van der Waals surface area (Å²) in [5.41, 5.74) is 0. The molecule has 0 aliphatic carbocycles. The van der Waals surface area contributed by atoms with Gasteiger partial charge >= 0.3 is 0 Å². The van der Waals surface area contributed by atoms with Gasteiger partial charge in [-0.05, 0) is 39.5 Å². The van der Waals surface area contributed by atoms with Gasteiger partial charge in [-0.15, -0.1) is 0 Å². The van der Waals surface area contributed by atoms with Crippen molar-refractivity contribution in [2.45, 2.75) is 0 Å². The quantitative estimate of drug-likeness (QED) is 0.693. The van der Waals surface area contributed by atoms with Crippen LogP contribution in [0.3, 0.4) is 0 Å². The maximum absolute atomic E-state index is 9.82. The number of hydrogen-bond donors (Lipinski definition) is 1. The Balaban J connectivity index is 2.95. The first-order valence-corrected chi connectivity index (χ1v) is 6.23. The lowest BCUT2D eigenvalue weighted by molar-refractivity contribution is 0.478. The van der Waals surface area contributed by atoms with E-state index in [2.05, 4.69) is 47.8 Å². The molecule has 0 heterocycles. The van der Waals surface area contributed by atoms with Crippen LogP contribution in [0.2, 0.25) is 0 Å². The van der Waals surface area contributed by atoms with E-state index in [1.165, 1.54) is 0 Å². The highest BCUT2D eigenvalue weighted by Crippen LogP contribution is 2.38. The molecule has 0 saturated heterocycles. The summed E-state index contributed by atoms with van der Waals surface area (Å²) in [7, 11) is 0. The molecule has 2 rings (SSSR count). The molecular formula is C10H5Br3O. The van der Waals surface area contributed by atoms with Crippen LogP contribution in [-0.4, -0.2) is 5.11 Å². The molecule has 14 heavy (non-hydrogen) atoms. The predicted molar refractivity (Wildman–Crippen MR) is 68.7 cm³/mol. The van der Waals surface area contributed by atoms with Crippen molar-refractivity contribution in [2.75, 3.05) is 0 Å². The minimum atomic E-state index is 0.268. The monoisotopic (exact) mass is 378 g/mol. The van der Waals surface area contributed by atoms with Gasteiger partial charge in [0.25, 0.3) is 0 Å². The average Bonchev–Trinajstić information content (AvgIpc) is 2.14. The maximum atomic E-state index is 9.82. The molecular weight excluding hydrogens is 376 g/mol. The lowest BCUT2D eigenvalue weighted by Crippen LogP contribution is -1.78. The summed E-state index contributed by atoms with van der Waals surface area (Å²) in [5.74, 6) is 0.268. The number of benzene rings is 2. The fraction of sp³-hybridized carbons (Fsp3) is 0. The number of hydrogen-bond acceptors (Lipinski definition) is 1. The van der Waals surface area contributed by atoms with E-state index in [1.807, 2.05) is 24.3 Å². The highest BCUT2D eigenvalue weighted by Gasteiger charge is 2.08. The van der Waals surface area contributed by atoms with Crippen LogP contribution in [0.15, 0.2) is 37.7 Å². The van der Waals surface area contributed by atoms with Crippen molar-refractivity contribution in [1.82, 2.24) is 0 Å². The first-order valence-electron chi connectivity index (χ1n) is 3.86. The fourth-order valence-corrected chi connectivity index (χ4v) is 2.99. The molecule has 72 valence electrons. The molecule has 0 spiro atoms. The van der Waals surface area contributed by atoms with Crippen LogP contribution in [0.5, 0.6) is 5.75 Å². The minimum absolute atomic E-state index is 0.268. The number of fused-ring (bicyclic) bond motifs is 1. The van der Waals surface area contributed by atoms with Gasteiger partial charge in [0, 0.05) is 14.3 Å². The van der Waals surface area contributed by atoms with E-state index in [1.54, 1.807) is 0 Å². The number of phenols is 1. The summed E-state index contributed by atoms with van der Waals surface area (Å²) >= 11 is 10.1. The van der Waals surface area contributed by atoms with Crippen molar-refractivity contribution in [3.8, 4) is 5.75 Å². The Morgan fingerprint density at radius 2 is 1.57 bits per heavy atom. The molecule has 1 nitrogen and oxygen atoms in total. The zero-order valence-electron chi connectivity index (χ0n) is 6.89. The number of halogens is 3. The maximum Gasteiger partial charge on any atom is 0.137 e. The highest BCUT2D eigenvalue weighted by molar-refractivity contribution is 9.11. The standard InChI is InChI=1S/C10H5Br3O/c11-5-1-2-6-7(3-5)10(14)9(13)4-8(6)12/h1-4,14H. The molecule has 1 N–H and O–H groups in total. The van der Waals surface area contributed by atoms with Crippen molar-refractivity contribution in [2.24, 2.45) is 0 Å². The third kappa shape index (κ3) is 1.71. The molecule has 0 aromatic heterocycles. The zero-order chi connectivity index (χ0) is 10.3. The lowest BCUT2D eigenvalue weighted by atomic mass is 10.1. The van der Waals surface area contributed by atoms with E-state index >= 15 is 0 Å². The van der Waals surface area contributed by atoms with Crippen LogP contribution < -0.4 is 0 Å². The first kappa shape index (κ1) is 10.5. The van der Waals surface area contributed by atoms with Gasteiger partial charge in [-0.3, -0.25) is 0 Å². The second kappa shape index (κ2) is 3.83. The molecule has 0 unspecified atom stereocenters. The molecule has 0 radical (unpaired) electrons. The van der Waals surface area contributed by atoms with Crippen LogP contribution in [0.4, 0.5) is 0 Å². The van der Waals surface area contributed by atoms with E-state index < -0.39 is 0 Å². The Kier molecular flexibility index (Phi) is 2.86. The Morgan fingerprint density at radius 3 is 2.29 bits per heavy atom. The molecule has 0 aliphatic heterocycles. The summed E-state index contributed by atoms with van der Waals surface area (Å²) < 4.78 is 2.60. The van der Waals surface area contributed by atoms with Gasteiger partial charge in [0.2, 0.25) is 0 Å². The summed E-state index contributed by atoms with van der Waals surface area (Å²) in [5, 5.41) is 11.6. The molecule has 0 amide bonds. The fourth-order valence-electron chi connectivity index (χ4n) is 1.31. The van der Waals surface area contributed by atoms with Crippen molar-refractivity contribution in [1.29, 1.82) is 0 Å². The lowest BCUT2D eigenvalue weighted by Gasteiger charge is -2.06. The Labute approximate surface area is 107 Å². The molecule has 2 aromatic carbocycles. The first-order chi connectivity index (χ1) is 6.59. The van der Waals surface area contributed by atoms with Crippen LogP contribution in [-0.2, 0) is 0 Å². The normalized spacial score (nSPS) is 10.8. The van der Waals surface area contributed by atoms with Gasteiger partial charge in [0.1, 0.15) is 5.75 Å². The third-order valence-corrected chi connectivity index (χ3v) is 3.73. The van der Waals surface area contributed by atoms with Gasteiger partial charge in [0.05, 0.1) is 4.47 Å². The zero-order valence-corrected chi connectivity index (χ0v) is 11.6. The molecule has 2 aromatic rings. The molecule has 0 atom stereocenters. The number of rotatable bonds is 0. The molecule has 0 fully saturated rings. The van der Waals surface area contributed by atoms with E-state index in [9.17, 15) is 5.11 Å². The summed E-state index contributed by atoms with van der Waals surface area (Å²) in [6.07, 6.45) is 0. The molecule has 0 saturated carbocycles. The van der Waals surface area contributed by atoms with E-state index in [4.69, 9.17) is 0 Å². The third-order valence-electron chi connectivity index (χ3n) is 1.97. The van der Waals surface area contributed by atoms with Gasteiger partial charge < -0.3 is 5.11 Å². The van der Waals surface area contributed by atoms with Crippen molar-refractivity contribution < 1.29 is 5.11 Å². The Bertz CT molecular complexity index is 508. The minimum Gasteiger partial charge on any atom is -0.506 e. The van der Waals surface area contributed by atoms with Crippen molar-refractivity contribution in [3.63, 3.8) is 0 Å². The van der Waals surface area contributed by atoms with E-state index in [0.29, 0.717) is 4.47 Å². The topological polar surface area (TPSA) is 20.2 Å². The van der Waals surface area contributed by atoms with E-state index in [0.717, 1.165) is 19.7 Å². The van der Waals surface area contributed by atoms with Crippen LogP contribution in [0.1, 0.15) is 0 Å². The van der Waals surface area contributed by atoms with Gasteiger partial charge in [0.15, 0.2) is 0 Å². The number of aromatic hydroxyl groups is 1. The van der Waals surface area contributed by atoms with Gasteiger partial charge in [-0.1, -0.05) is 37.9 Å². The molecule has 4 heteroatoms. The van der Waals surface area contributed by atoms with Gasteiger partial charge in [-0.2, -0.15) is 0 Å². The molecule has 0 aliphatic rings. The smallest absolute Gasteiger partial charge is 0.137 e. The van der Waals surface area contributed by atoms with E-state index in [-0.39, 0.29) is 5.75 Å². The van der Waals surface area contributed by atoms with Gasteiger partial charge in [-0.25, -0.2) is 0 Å². The Morgan fingerprint density at radius 1 is 0.857 bits per heavy atom. The summed E-state index contributed by atoms with van der Waals surface area (Å²) in [4.78, 5) is 0.